The summed E-state index contributed by atoms with van der Waals surface area (Å²) >= 11 is 0. The van der Waals surface area contributed by atoms with Crippen molar-refractivity contribution in [3.63, 3.8) is 0 Å². The van der Waals surface area contributed by atoms with Crippen molar-refractivity contribution in [1.82, 2.24) is 9.55 Å². The van der Waals surface area contributed by atoms with E-state index in [-0.39, 0.29) is 43.5 Å². The van der Waals surface area contributed by atoms with E-state index < -0.39 is 11.2 Å². The van der Waals surface area contributed by atoms with Gasteiger partial charge in [0.15, 0.2) is 5.69 Å². The van der Waals surface area contributed by atoms with E-state index >= 15 is 0 Å². The van der Waals surface area contributed by atoms with E-state index in [9.17, 15) is 14.4 Å². The second kappa shape index (κ2) is 10.5. The number of nitrogens with two attached hydrogens (primary N) is 1. The van der Waals surface area contributed by atoms with E-state index in [0.717, 1.165) is 5.56 Å². The van der Waals surface area contributed by atoms with Crippen LogP contribution in [0.4, 0.5) is 11.5 Å². The number of amides is 1. The van der Waals surface area contributed by atoms with Crippen LogP contribution in [0.1, 0.15) is 11.1 Å². The topological polar surface area (TPSA) is 120 Å². The largest absolute Gasteiger partial charge is 0.496 e. The molecular weight excluding hydrogens is 412 g/mol. The lowest BCUT2D eigenvalue weighted by Crippen LogP contribution is -2.41. The number of nitrogen functional groups attached to an aromatic ring is 1. The smallest absolute Gasteiger partial charge is 0.330 e. The van der Waals surface area contributed by atoms with Crippen molar-refractivity contribution in [2.75, 3.05) is 31.5 Å². The Bertz CT molecular complexity index is 1190. The summed E-state index contributed by atoms with van der Waals surface area (Å²) in [5.41, 5.74) is 6.23. The lowest BCUT2D eigenvalue weighted by Gasteiger charge is -2.25. The monoisotopic (exact) mass is 438 g/mol. The number of anilines is 2. The number of hydrogen-bond acceptors (Lipinski definition) is 6. The van der Waals surface area contributed by atoms with Crippen molar-refractivity contribution in [1.29, 1.82) is 0 Å². The van der Waals surface area contributed by atoms with Crippen LogP contribution in [0.25, 0.3) is 0 Å². The maximum absolute atomic E-state index is 13.5. The van der Waals surface area contributed by atoms with E-state index in [2.05, 4.69) is 4.98 Å². The number of nitrogens with zero attached hydrogens (tertiary/aromatic N) is 2. The first-order valence-electron chi connectivity index (χ1n) is 10.0. The molecule has 9 nitrogen and oxygen atoms in total. The number of methoxy groups -OCH3 is 2. The van der Waals surface area contributed by atoms with Gasteiger partial charge in [0.2, 0.25) is 5.91 Å². The van der Waals surface area contributed by atoms with Gasteiger partial charge in [-0.05, 0) is 11.6 Å². The lowest BCUT2D eigenvalue weighted by atomic mass is 10.1. The highest BCUT2D eigenvalue weighted by Gasteiger charge is 2.25. The average Bonchev–Trinajstić information content (AvgIpc) is 2.79. The zero-order valence-electron chi connectivity index (χ0n) is 18.0. The molecule has 9 heteroatoms. The summed E-state index contributed by atoms with van der Waals surface area (Å²) in [6.07, 6.45) is -0.0209. The summed E-state index contributed by atoms with van der Waals surface area (Å²) in [5.74, 6) is 0.0973. The van der Waals surface area contributed by atoms with E-state index in [1.165, 1.54) is 23.7 Å². The van der Waals surface area contributed by atoms with Gasteiger partial charge in [-0.25, -0.2) is 4.79 Å². The summed E-state index contributed by atoms with van der Waals surface area (Å²) in [6, 6.07) is 16.4. The Kier molecular flexibility index (Phi) is 7.45. The molecule has 1 aromatic heterocycles. The Morgan fingerprint density at radius 1 is 1.06 bits per heavy atom. The number of aromatic nitrogens is 2. The van der Waals surface area contributed by atoms with E-state index in [4.69, 9.17) is 15.2 Å². The number of aromatic amines is 1. The van der Waals surface area contributed by atoms with E-state index in [1.807, 2.05) is 36.4 Å². The first-order chi connectivity index (χ1) is 15.5. The van der Waals surface area contributed by atoms with Gasteiger partial charge in [-0.3, -0.25) is 24.0 Å². The second-order valence-electron chi connectivity index (χ2n) is 7.09. The number of rotatable bonds is 9. The van der Waals surface area contributed by atoms with Gasteiger partial charge in [-0.2, -0.15) is 0 Å². The molecule has 1 amide bonds. The number of para-hydroxylation sites is 1. The highest BCUT2D eigenvalue weighted by Crippen LogP contribution is 2.23. The predicted octanol–water partition coefficient (Wildman–Crippen LogP) is 1.55. The molecule has 0 aliphatic rings. The van der Waals surface area contributed by atoms with E-state index in [1.54, 1.807) is 18.2 Å². The third kappa shape index (κ3) is 5.06. The van der Waals surface area contributed by atoms with Gasteiger partial charge in [0.1, 0.15) is 11.6 Å². The van der Waals surface area contributed by atoms with Crippen LogP contribution in [-0.2, 0) is 29.0 Å². The maximum atomic E-state index is 13.5. The minimum absolute atomic E-state index is 0.0209. The van der Waals surface area contributed by atoms with Gasteiger partial charge in [0.05, 0.1) is 33.2 Å². The Morgan fingerprint density at radius 2 is 1.75 bits per heavy atom. The fourth-order valence-electron chi connectivity index (χ4n) is 3.41. The van der Waals surface area contributed by atoms with Crippen LogP contribution in [0.3, 0.4) is 0 Å². The Morgan fingerprint density at radius 3 is 2.44 bits per heavy atom. The number of ether oxygens (including phenoxy) is 2. The van der Waals surface area contributed by atoms with Crippen LogP contribution in [0.15, 0.2) is 64.2 Å². The van der Waals surface area contributed by atoms with Crippen LogP contribution in [0.5, 0.6) is 5.75 Å². The molecule has 0 saturated heterocycles. The molecule has 0 atom stereocenters. The van der Waals surface area contributed by atoms with Gasteiger partial charge in [-0.15, -0.1) is 0 Å². The molecule has 3 rings (SSSR count). The molecule has 0 aliphatic heterocycles. The highest BCUT2D eigenvalue weighted by atomic mass is 16.5. The summed E-state index contributed by atoms with van der Waals surface area (Å²) < 4.78 is 11.6. The fraction of sp³-hybridized carbons (Fsp3) is 0.261. The number of nitrogens with one attached hydrogen (secondary N) is 1. The van der Waals surface area contributed by atoms with Gasteiger partial charge in [-0.1, -0.05) is 48.5 Å². The van der Waals surface area contributed by atoms with Crippen molar-refractivity contribution in [2.24, 2.45) is 0 Å². The number of carbonyl (C=O) groups excluding carboxylic acids is 1. The molecule has 168 valence electrons. The molecule has 0 spiro atoms. The molecule has 0 fully saturated rings. The molecule has 32 heavy (non-hydrogen) atoms. The van der Waals surface area contributed by atoms with E-state index in [0.29, 0.717) is 11.3 Å². The summed E-state index contributed by atoms with van der Waals surface area (Å²) in [5, 5.41) is 0. The van der Waals surface area contributed by atoms with Crippen molar-refractivity contribution >= 4 is 17.4 Å². The molecule has 2 aromatic carbocycles. The molecule has 3 aromatic rings. The Hall–Kier alpha value is -3.85. The normalized spacial score (nSPS) is 10.7. The number of H-pyrrole nitrogens is 1. The third-order valence-electron chi connectivity index (χ3n) is 5.02. The van der Waals surface area contributed by atoms with Gasteiger partial charge < -0.3 is 15.2 Å². The summed E-state index contributed by atoms with van der Waals surface area (Å²) in [7, 11) is 3.02. The summed E-state index contributed by atoms with van der Waals surface area (Å²) in [4.78, 5) is 42.1. The number of carbonyl (C=O) groups is 1. The van der Waals surface area contributed by atoms with Crippen molar-refractivity contribution in [3.05, 3.63) is 86.6 Å². The van der Waals surface area contributed by atoms with Crippen LogP contribution >= 0.6 is 0 Å². The van der Waals surface area contributed by atoms with Crippen molar-refractivity contribution in [2.45, 2.75) is 19.5 Å². The van der Waals surface area contributed by atoms with Crippen molar-refractivity contribution < 1.29 is 14.3 Å². The number of hydrogen-bond donors (Lipinski definition) is 2. The summed E-state index contributed by atoms with van der Waals surface area (Å²) in [6.45, 7) is 0.443. The fourth-order valence-corrected chi connectivity index (χ4v) is 3.41. The van der Waals surface area contributed by atoms with Gasteiger partial charge in [0, 0.05) is 12.7 Å². The van der Waals surface area contributed by atoms with Crippen molar-refractivity contribution in [3.8, 4) is 5.75 Å². The molecule has 0 saturated carbocycles. The highest BCUT2D eigenvalue weighted by molar-refractivity contribution is 5.97. The third-order valence-corrected chi connectivity index (χ3v) is 5.02. The first-order valence-corrected chi connectivity index (χ1v) is 10.0. The zero-order valence-corrected chi connectivity index (χ0v) is 18.0. The second-order valence-corrected chi connectivity index (χ2v) is 7.09. The Labute approximate surface area is 185 Å². The molecule has 0 unspecified atom stereocenters. The SMILES string of the molecule is COCCn1c(N)c(N(Cc2ccccc2)C(=O)Cc2ccccc2OC)c(=O)[nH]c1=O. The molecule has 3 N–H and O–H groups in total. The minimum Gasteiger partial charge on any atom is -0.496 e. The Balaban J connectivity index is 2.08. The van der Waals surface area contributed by atoms with Gasteiger partial charge >= 0.3 is 5.69 Å². The predicted molar refractivity (Wildman–Crippen MR) is 122 cm³/mol. The molecule has 0 radical (unpaired) electrons. The maximum Gasteiger partial charge on any atom is 0.330 e. The first kappa shape index (κ1) is 22.8. The molecule has 1 heterocycles. The average molecular weight is 438 g/mol. The van der Waals surface area contributed by atoms with Crippen LogP contribution in [0, 0.1) is 0 Å². The standard InChI is InChI=1S/C23H26N4O5/c1-31-13-12-26-21(24)20(22(29)25-23(26)30)27(15-16-8-4-3-5-9-16)19(28)14-17-10-6-7-11-18(17)32-2/h3-11H,12-15,24H2,1-2H3,(H,25,29,30). The molecule has 0 aliphatic carbocycles. The number of benzene rings is 2. The van der Waals surface area contributed by atoms with Gasteiger partial charge in [0.25, 0.3) is 5.56 Å². The van der Waals surface area contributed by atoms with Crippen LogP contribution in [-0.4, -0.2) is 36.3 Å². The minimum atomic E-state index is -0.731. The molecule has 0 bridgehead atoms. The quantitative estimate of drug-likeness (QED) is 0.523. The molecular formula is C23H26N4O5. The van der Waals surface area contributed by atoms with Crippen LogP contribution in [0.2, 0.25) is 0 Å². The van der Waals surface area contributed by atoms with Crippen LogP contribution < -0.4 is 26.6 Å². The lowest BCUT2D eigenvalue weighted by molar-refractivity contribution is -0.118. The zero-order chi connectivity index (χ0) is 23.1.